The largest absolute Gasteiger partial charge is 0.496 e. The fraction of sp³-hybridized carbons (Fsp3) is 0.444. The lowest BCUT2D eigenvalue weighted by Crippen LogP contribution is -2.38. The van der Waals surface area contributed by atoms with E-state index in [9.17, 15) is 0 Å². The van der Waals surface area contributed by atoms with Crippen LogP contribution < -0.4 is 10.1 Å². The highest BCUT2D eigenvalue weighted by Gasteiger charge is 2.09. The molecule has 1 aromatic heterocycles. The van der Waals surface area contributed by atoms with E-state index in [0.29, 0.717) is 0 Å². The van der Waals surface area contributed by atoms with Crippen LogP contribution in [-0.4, -0.2) is 47.9 Å². The summed E-state index contributed by atoms with van der Waals surface area (Å²) in [7, 11) is 3.74. The molecule has 0 bridgehead atoms. The van der Waals surface area contributed by atoms with Crippen molar-refractivity contribution in [3.05, 3.63) is 48.3 Å². The number of halogens is 1. The van der Waals surface area contributed by atoms with Crippen molar-refractivity contribution >= 4 is 29.9 Å². The van der Waals surface area contributed by atoms with E-state index in [1.54, 1.807) is 13.3 Å². The van der Waals surface area contributed by atoms with Gasteiger partial charge in [-0.2, -0.15) is 5.10 Å². The summed E-state index contributed by atoms with van der Waals surface area (Å²) in [4.78, 5) is 6.83. The monoisotopic (exact) mass is 457 g/mol. The van der Waals surface area contributed by atoms with Crippen molar-refractivity contribution in [2.75, 3.05) is 27.2 Å². The Balaban J connectivity index is 0.00000312. The van der Waals surface area contributed by atoms with Gasteiger partial charge in [0.25, 0.3) is 0 Å². The smallest absolute Gasteiger partial charge is 0.193 e. The van der Waals surface area contributed by atoms with Gasteiger partial charge in [-0.15, -0.1) is 24.0 Å². The van der Waals surface area contributed by atoms with Gasteiger partial charge >= 0.3 is 0 Å². The number of aliphatic imine (C=N–C) groups is 1. The van der Waals surface area contributed by atoms with E-state index in [0.717, 1.165) is 49.9 Å². The van der Waals surface area contributed by atoms with Crippen LogP contribution in [0.5, 0.6) is 5.75 Å². The number of para-hydroxylation sites is 1. The fourth-order valence-electron chi connectivity index (χ4n) is 2.48. The fourth-order valence-corrected chi connectivity index (χ4v) is 2.48. The van der Waals surface area contributed by atoms with Crippen LogP contribution in [0.3, 0.4) is 0 Å². The Morgan fingerprint density at radius 3 is 2.80 bits per heavy atom. The number of nitrogens with one attached hydrogen (secondary N) is 1. The molecule has 0 aliphatic heterocycles. The molecule has 2 rings (SSSR count). The van der Waals surface area contributed by atoms with Crippen molar-refractivity contribution < 1.29 is 4.74 Å². The van der Waals surface area contributed by atoms with E-state index in [2.05, 4.69) is 28.3 Å². The molecule has 1 heterocycles. The number of nitrogens with zero attached hydrogens (tertiary/aromatic N) is 4. The summed E-state index contributed by atoms with van der Waals surface area (Å²) in [5.74, 6) is 1.81. The minimum Gasteiger partial charge on any atom is -0.496 e. The summed E-state index contributed by atoms with van der Waals surface area (Å²) in [6.07, 6.45) is 4.73. The lowest BCUT2D eigenvalue weighted by Gasteiger charge is -2.23. The Bertz CT molecular complexity index is 630. The normalized spacial score (nSPS) is 10.9. The second-order valence-electron chi connectivity index (χ2n) is 5.53. The summed E-state index contributed by atoms with van der Waals surface area (Å²) in [5, 5.41) is 7.55. The first-order chi connectivity index (χ1) is 11.7. The number of hydrogen-bond acceptors (Lipinski definition) is 3. The van der Waals surface area contributed by atoms with Crippen molar-refractivity contribution in [1.29, 1.82) is 0 Å². The first-order valence-electron chi connectivity index (χ1n) is 8.33. The molecule has 6 nitrogen and oxygen atoms in total. The van der Waals surface area contributed by atoms with E-state index < -0.39 is 0 Å². The molecular weight excluding hydrogens is 429 g/mol. The molecule has 0 spiro atoms. The molecule has 0 atom stereocenters. The average Bonchev–Trinajstić information content (AvgIpc) is 3.11. The maximum absolute atomic E-state index is 5.43. The summed E-state index contributed by atoms with van der Waals surface area (Å²) >= 11 is 0. The minimum absolute atomic E-state index is 0. The van der Waals surface area contributed by atoms with Crippen molar-refractivity contribution in [1.82, 2.24) is 20.0 Å². The van der Waals surface area contributed by atoms with Gasteiger partial charge in [0.05, 0.1) is 7.11 Å². The van der Waals surface area contributed by atoms with Gasteiger partial charge in [0.15, 0.2) is 5.96 Å². The van der Waals surface area contributed by atoms with Gasteiger partial charge in [-0.25, -0.2) is 0 Å². The average molecular weight is 457 g/mol. The highest BCUT2D eigenvalue weighted by atomic mass is 127. The maximum atomic E-state index is 5.43. The Hall–Kier alpha value is -1.77. The third-order valence-corrected chi connectivity index (χ3v) is 3.66. The molecule has 0 aliphatic carbocycles. The van der Waals surface area contributed by atoms with E-state index in [-0.39, 0.29) is 24.0 Å². The van der Waals surface area contributed by atoms with Crippen LogP contribution >= 0.6 is 24.0 Å². The quantitative estimate of drug-likeness (QED) is 0.287. The molecule has 0 fully saturated rings. The third-order valence-electron chi connectivity index (χ3n) is 3.66. The highest BCUT2D eigenvalue weighted by molar-refractivity contribution is 14.0. The van der Waals surface area contributed by atoms with Crippen molar-refractivity contribution in [2.24, 2.45) is 4.99 Å². The van der Waals surface area contributed by atoms with Crippen molar-refractivity contribution in [3.63, 3.8) is 0 Å². The standard InChI is InChI=1S/C18H27N5O.HI/c1-4-19-18(20-11-7-13-23-14-8-12-21-23)22(2)15-16-9-5-6-10-17(16)24-3;/h5-6,8-10,12,14H,4,7,11,13,15H2,1-3H3,(H,19,20);1H. The first-order valence-corrected chi connectivity index (χ1v) is 8.33. The summed E-state index contributed by atoms with van der Waals surface area (Å²) in [6.45, 7) is 5.31. The molecule has 0 saturated carbocycles. The number of methoxy groups -OCH3 is 1. The molecule has 138 valence electrons. The van der Waals surface area contributed by atoms with Gasteiger partial charge in [-0.05, 0) is 25.5 Å². The zero-order valence-corrected chi connectivity index (χ0v) is 17.5. The minimum atomic E-state index is 0. The molecule has 0 radical (unpaired) electrons. The molecule has 0 unspecified atom stereocenters. The number of aromatic nitrogens is 2. The van der Waals surface area contributed by atoms with Gasteiger partial charge in [-0.1, -0.05) is 18.2 Å². The summed E-state index contributed by atoms with van der Waals surface area (Å²) < 4.78 is 7.36. The molecule has 0 aliphatic rings. The topological polar surface area (TPSA) is 54.7 Å². The Labute approximate surface area is 167 Å². The Morgan fingerprint density at radius 2 is 2.12 bits per heavy atom. The van der Waals surface area contributed by atoms with Gasteiger partial charge in [0.2, 0.25) is 0 Å². The Morgan fingerprint density at radius 1 is 1.32 bits per heavy atom. The molecule has 0 amide bonds. The lowest BCUT2D eigenvalue weighted by atomic mass is 10.2. The van der Waals surface area contributed by atoms with E-state index in [1.165, 1.54) is 0 Å². The predicted molar refractivity (Wildman–Crippen MR) is 113 cm³/mol. The number of aryl methyl sites for hydroxylation is 1. The molecule has 0 saturated heterocycles. The van der Waals surface area contributed by atoms with Gasteiger partial charge in [-0.3, -0.25) is 9.67 Å². The van der Waals surface area contributed by atoms with Crippen LogP contribution in [0.4, 0.5) is 0 Å². The van der Waals surface area contributed by atoms with Gasteiger partial charge in [0, 0.05) is 51.2 Å². The third kappa shape index (κ3) is 6.93. The number of hydrogen-bond donors (Lipinski definition) is 1. The van der Waals surface area contributed by atoms with Crippen LogP contribution in [0.15, 0.2) is 47.7 Å². The summed E-state index contributed by atoms with van der Waals surface area (Å²) in [5.41, 5.74) is 1.14. The van der Waals surface area contributed by atoms with Crippen LogP contribution in [0.2, 0.25) is 0 Å². The van der Waals surface area contributed by atoms with Crippen molar-refractivity contribution in [2.45, 2.75) is 26.4 Å². The number of benzene rings is 1. The van der Waals surface area contributed by atoms with Crippen LogP contribution in [0, 0.1) is 0 Å². The van der Waals surface area contributed by atoms with Crippen LogP contribution in [0.25, 0.3) is 0 Å². The Kier molecular flexibility index (Phi) is 9.98. The van der Waals surface area contributed by atoms with Crippen LogP contribution in [0.1, 0.15) is 18.9 Å². The van der Waals surface area contributed by atoms with E-state index in [1.807, 2.05) is 42.2 Å². The highest BCUT2D eigenvalue weighted by Crippen LogP contribution is 2.18. The van der Waals surface area contributed by atoms with Crippen molar-refractivity contribution in [3.8, 4) is 5.75 Å². The zero-order chi connectivity index (χ0) is 17.2. The molecule has 7 heteroatoms. The first kappa shape index (κ1) is 21.3. The number of rotatable bonds is 8. The second kappa shape index (κ2) is 11.7. The van der Waals surface area contributed by atoms with E-state index in [4.69, 9.17) is 9.73 Å². The van der Waals surface area contributed by atoms with Crippen LogP contribution in [-0.2, 0) is 13.1 Å². The van der Waals surface area contributed by atoms with Gasteiger partial charge in [0.1, 0.15) is 5.75 Å². The SMILES string of the molecule is CCNC(=NCCCn1cccn1)N(C)Cc1ccccc1OC.I. The van der Waals surface area contributed by atoms with E-state index >= 15 is 0 Å². The second-order valence-corrected chi connectivity index (χ2v) is 5.53. The maximum Gasteiger partial charge on any atom is 0.193 e. The molecule has 2 aromatic rings. The zero-order valence-electron chi connectivity index (χ0n) is 15.2. The molecule has 1 aromatic carbocycles. The molecule has 25 heavy (non-hydrogen) atoms. The lowest BCUT2D eigenvalue weighted by molar-refractivity contribution is 0.396. The summed E-state index contributed by atoms with van der Waals surface area (Å²) in [6, 6.07) is 10.0. The number of ether oxygens (including phenoxy) is 1. The predicted octanol–water partition coefficient (Wildman–Crippen LogP) is 3.00. The van der Waals surface area contributed by atoms with Gasteiger partial charge < -0.3 is 15.0 Å². The molecule has 1 N–H and O–H groups in total. The number of guanidine groups is 1. The molecular formula is C18H28IN5O.